The van der Waals surface area contributed by atoms with Gasteiger partial charge in [0, 0.05) is 0 Å². The highest BCUT2D eigenvalue weighted by molar-refractivity contribution is 7.46. The number of rotatable bonds is 4. The average molecular weight is 325 g/mol. The van der Waals surface area contributed by atoms with Gasteiger partial charge in [0.25, 0.3) is 5.56 Å². The van der Waals surface area contributed by atoms with Crippen molar-refractivity contribution in [1.29, 1.82) is 0 Å². The molecule has 1 fully saturated rings. The zero-order chi connectivity index (χ0) is 15.8. The lowest BCUT2D eigenvalue weighted by Crippen LogP contribution is -2.39. The summed E-state index contributed by atoms with van der Waals surface area (Å²) in [5.74, 6) is 0. The van der Waals surface area contributed by atoms with Gasteiger partial charge in [0.1, 0.15) is 24.5 Å². The molecule has 12 nitrogen and oxygen atoms in total. The first-order valence-corrected chi connectivity index (χ1v) is 7.12. The van der Waals surface area contributed by atoms with E-state index in [1.54, 1.807) is 0 Å². The van der Waals surface area contributed by atoms with Crippen molar-refractivity contribution in [3.05, 3.63) is 27.0 Å². The summed E-state index contributed by atoms with van der Waals surface area (Å²) in [7, 11) is -4.78. The van der Waals surface area contributed by atoms with Crippen molar-refractivity contribution in [3.63, 3.8) is 0 Å². The van der Waals surface area contributed by atoms with Crippen LogP contribution in [-0.2, 0) is 13.8 Å². The highest BCUT2D eigenvalue weighted by Gasteiger charge is 2.45. The van der Waals surface area contributed by atoms with Gasteiger partial charge in [0.2, 0.25) is 0 Å². The molecule has 2 rings (SSSR count). The molecule has 1 aromatic heterocycles. The smallest absolute Gasteiger partial charge is 0.387 e. The third-order valence-corrected chi connectivity index (χ3v) is 3.21. The van der Waals surface area contributed by atoms with Crippen molar-refractivity contribution in [2.45, 2.75) is 24.5 Å². The van der Waals surface area contributed by atoms with Crippen molar-refractivity contribution >= 4 is 7.82 Å². The van der Waals surface area contributed by atoms with E-state index in [9.17, 15) is 24.4 Å². The van der Waals surface area contributed by atoms with Crippen LogP contribution in [0.25, 0.3) is 0 Å². The number of aromatic amines is 1. The predicted octanol–water partition coefficient (Wildman–Crippen LogP) is -3.34. The lowest BCUT2D eigenvalue weighted by Gasteiger charge is -2.15. The lowest BCUT2D eigenvalue weighted by molar-refractivity contribution is -0.0610. The average Bonchev–Trinajstić information content (AvgIpc) is 2.64. The molecule has 21 heavy (non-hydrogen) atoms. The van der Waals surface area contributed by atoms with Gasteiger partial charge >= 0.3 is 13.5 Å². The summed E-state index contributed by atoms with van der Waals surface area (Å²) in [4.78, 5) is 41.4. The van der Waals surface area contributed by atoms with E-state index in [-0.39, 0.29) is 0 Å². The number of nitrogens with one attached hydrogen (secondary N) is 1. The van der Waals surface area contributed by atoms with Crippen LogP contribution in [0.2, 0.25) is 0 Å². The predicted molar refractivity (Wildman–Crippen MR) is 63.0 cm³/mol. The van der Waals surface area contributed by atoms with Crippen molar-refractivity contribution < 1.29 is 33.8 Å². The van der Waals surface area contributed by atoms with E-state index in [1.807, 2.05) is 4.98 Å². The van der Waals surface area contributed by atoms with Gasteiger partial charge in [-0.1, -0.05) is 0 Å². The van der Waals surface area contributed by atoms with Gasteiger partial charge in [0.15, 0.2) is 6.23 Å². The Hall–Kier alpha value is -1.40. The van der Waals surface area contributed by atoms with Crippen LogP contribution >= 0.6 is 7.82 Å². The molecule has 1 aromatic rings. The molecule has 1 aliphatic heterocycles. The molecule has 5 N–H and O–H groups in total. The summed E-state index contributed by atoms with van der Waals surface area (Å²) in [5, 5.41) is 23.0. The van der Waals surface area contributed by atoms with E-state index in [0.29, 0.717) is 4.68 Å². The van der Waals surface area contributed by atoms with Gasteiger partial charge < -0.3 is 24.7 Å². The topological polar surface area (TPSA) is 184 Å². The number of aromatic nitrogens is 3. The molecule has 2 heterocycles. The minimum Gasteiger partial charge on any atom is -0.387 e. The number of H-pyrrole nitrogens is 1. The van der Waals surface area contributed by atoms with E-state index < -0.39 is 50.2 Å². The van der Waals surface area contributed by atoms with Crippen molar-refractivity contribution in [2.75, 3.05) is 6.61 Å². The molecule has 0 spiro atoms. The highest BCUT2D eigenvalue weighted by atomic mass is 31.2. The Morgan fingerprint density at radius 3 is 2.62 bits per heavy atom. The van der Waals surface area contributed by atoms with Crippen LogP contribution in [0.4, 0.5) is 0 Å². The first-order valence-electron chi connectivity index (χ1n) is 5.59. The number of aliphatic hydroxyl groups excluding tert-OH is 2. The normalized spacial score (nSPS) is 29.7. The summed E-state index contributed by atoms with van der Waals surface area (Å²) in [6.07, 6.45) is -5.13. The number of hydrogen-bond donors (Lipinski definition) is 5. The molecular formula is C8H12N3O9P. The van der Waals surface area contributed by atoms with E-state index in [2.05, 4.69) is 9.62 Å². The first-order chi connectivity index (χ1) is 9.69. The summed E-state index contributed by atoms with van der Waals surface area (Å²) >= 11 is 0. The molecule has 118 valence electrons. The molecule has 0 bridgehead atoms. The maximum atomic E-state index is 11.5. The van der Waals surface area contributed by atoms with E-state index in [0.717, 1.165) is 6.20 Å². The molecular weight excluding hydrogens is 313 g/mol. The Morgan fingerprint density at radius 1 is 1.38 bits per heavy atom. The van der Waals surface area contributed by atoms with Crippen LogP contribution in [0.5, 0.6) is 0 Å². The highest BCUT2D eigenvalue weighted by Crippen LogP contribution is 2.38. The Morgan fingerprint density at radius 2 is 2.05 bits per heavy atom. The molecule has 0 radical (unpaired) electrons. The van der Waals surface area contributed by atoms with E-state index in [1.165, 1.54) is 0 Å². The molecule has 0 amide bonds. The minimum atomic E-state index is -4.78. The van der Waals surface area contributed by atoms with Gasteiger partial charge in [-0.15, -0.1) is 0 Å². The van der Waals surface area contributed by atoms with Gasteiger partial charge in [-0.3, -0.25) is 14.3 Å². The second kappa shape index (κ2) is 5.77. The van der Waals surface area contributed by atoms with Gasteiger partial charge in [-0.25, -0.2) is 9.36 Å². The Balaban J connectivity index is 2.18. The number of phosphoric acid groups is 1. The van der Waals surface area contributed by atoms with E-state index in [4.69, 9.17) is 14.5 Å². The number of phosphoric ester groups is 1. The quantitative estimate of drug-likeness (QED) is 0.350. The molecule has 1 aliphatic rings. The second-order valence-electron chi connectivity index (χ2n) is 4.22. The minimum absolute atomic E-state index is 0.590. The lowest BCUT2D eigenvalue weighted by atomic mass is 10.1. The monoisotopic (exact) mass is 325 g/mol. The summed E-state index contributed by atoms with van der Waals surface area (Å²) < 4.78 is 20.4. The summed E-state index contributed by atoms with van der Waals surface area (Å²) in [6, 6.07) is 0. The molecule has 13 heteroatoms. The molecule has 0 unspecified atom stereocenters. The maximum absolute atomic E-state index is 11.5. The fraction of sp³-hybridized carbons (Fsp3) is 0.625. The van der Waals surface area contributed by atoms with Crippen LogP contribution in [0.15, 0.2) is 15.8 Å². The third-order valence-electron chi connectivity index (χ3n) is 2.72. The van der Waals surface area contributed by atoms with Crippen LogP contribution in [0, 0.1) is 0 Å². The van der Waals surface area contributed by atoms with Crippen molar-refractivity contribution in [1.82, 2.24) is 14.8 Å². The summed E-state index contributed by atoms with van der Waals surface area (Å²) in [6.45, 7) is -0.711. The number of hydrogen-bond acceptors (Lipinski definition) is 8. The fourth-order valence-electron chi connectivity index (χ4n) is 1.78. The Bertz CT molecular complexity index is 665. The SMILES string of the molecule is O=c1cnn([C@H]2O[C@@H](COP(=O)(O)O)[C@@H](O)[C@H]2O)c(=O)[nH]1. The standard InChI is InChI=1S/C8H12N3O9P/c12-4-1-9-11(8(15)10-4)7-6(14)5(13)3(20-7)2-19-21(16,17)18/h1,3,5-7,13-14H,2H2,(H,10,12,15)(H2,16,17,18)/t3-,5+,6+,7-/m0/s1. The van der Waals surface area contributed by atoms with Crippen LogP contribution in [0.3, 0.4) is 0 Å². The zero-order valence-electron chi connectivity index (χ0n) is 10.3. The van der Waals surface area contributed by atoms with E-state index >= 15 is 0 Å². The summed E-state index contributed by atoms with van der Waals surface area (Å²) in [5.41, 5.74) is -1.74. The maximum Gasteiger partial charge on any atom is 0.469 e. The van der Waals surface area contributed by atoms with Gasteiger partial charge in [-0.2, -0.15) is 9.78 Å². The largest absolute Gasteiger partial charge is 0.469 e. The van der Waals surface area contributed by atoms with Gasteiger partial charge in [0.05, 0.1) is 6.61 Å². The number of ether oxygens (including phenoxy) is 1. The number of aliphatic hydroxyl groups is 2. The first kappa shape index (κ1) is 16.0. The zero-order valence-corrected chi connectivity index (χ0v) is 11.2. The van der Waals surface area contributed by atoms with Gasteiger partial charge in [-0.05, 0) is 0 Å². The Kier molecular flexibility index (Phi) is 4.39. The molecule has 0 saturated carbocycles. The second-order valence-corrected chi connectivity index (χ2v) is 5.46. The van der Waals surface area contributed by atoms with Crippen LogP contribution < -0.4 is 11.2 Å². The van der Waals surface area contributed by atoms with Crippen LogP contribution in [0.1, 0.15) is 6.23 Å². The molecule has 4 atom stereocenters. The van der Waals surface area contributed by atoms with Crippen LogP contribution in [-0.4, -0.2) is 59.7 Å². The number of nitrogens with zero attached hydrogens (tertiary/aromatic N) is 2. The third kappa shape index (κ3) is 3.63. The molecule has 1 saturated heterocycles. The van der Waals surface area contributed by atoms with Crippen molar-refractivity contribution in [3.8, 4) is 0 Å². The molecule has 0 aromatic carbocycles. The molecule has 0 aliphatic carbocycles. The Labute approximate surface area is 115 Å². The van der Waals surface area contributed by atoms with Crippen molar-refractivity contribution in [2.24, 2.45) is 0 Å². The fourth-order valence-corrected chi connectivity index (χ4v) is 2.12.